The van der Waals surface area contributed by atoms with Gasteiger partial charge < -0.3 is 4.90 Å². The average Bonchev–Trinajstić information content (AvgIpc) is 2.38. The topological polar surface area (TPSA) is 35.9 Å². The molecule has 1 aliphatic heterocycles. The zero-order valence-electron chi connectivity index (χ0n) is 10.3. The second-order valence-electron chi connectivity index (χ2n) is 4.26. The van der Waals surface area contributed by atoms with Gasteiger partial charge in [-0.15, -0.1) is 0 Å². The fraction of sp³-hybridized carbons (Fsp3) is 0.385. The number of hydrogen-bond acceptors (Lipinski definition) is 3. The lowest BCUT2D eigenvalue weighted by Crippen LogP contribution is -2.46. The van der Waals surface area contributed by atoms with Crippen LogP contribution in [0.15, 0.2) is 29.4 Å². The maximum absolute atomic E-state index is 12.7. The summed E-state index contributed by atoms with van der Waals surface area (Å²) < 4.78 is 12.7. The maximum Gasteiger partial charge on any atom is 0.219 e. The number of piperazine rings is 1. The van der Waals surface area contributed by atoms with Crippen LogP contribution in [-0.2, 0) is 4.79 Å². The van der Waals surface area contributed by atoms with Crippen LogP contribution < -0.4 is 0 Å². The monoisotopic (exact) mass is 249 g/mol. The molecule has 0 N–H and O–H groups in total. The molecule has 1 fully saturated rings. The molecular formula is C13H16FN3O. The number of carbonyl (C=O) groups excluding carboxylic acids is 1. The SMILES string of the molecule is CC(=O)N1CCN(N=Cc2ccc(F)cc2)CC1. The van der Waals surface area contributed by atoms with Gasteiger partial charge in [0.2, 0.25) is 5.91 Å². The van der Waals surface area contributed by atoms with Crippen molar-refractivity contribution >= 4 is 12.1 Å². The smallest absolute Gasteiger partial charge is 0.219 e. The minimum atomic E-state index is -0.248. The Morgan fingerprint density at radius 3 is 2.39 bits per heavy atom. The summed E-state index contributed by atoms with van der Waals surface area (Å²) in [4.78, 5) is 13.0. The van der Waals surface area contributed by atoms with Crippen molar-refractivity contribution in [3.05, 3.63) is 35.6 Å². The van der Waals surface area contributed by atoms with E-state index in [-0.39, 0.29) is 11.7 Å². The lowest BCUT2D eigenvalue weighted by atomic mass is 10.2. The van der Waals surface area contributed by atoms with Crippen LogP contribution in [0.1, 0.15) is 12.5 Å². The van der Waals surface area contributed by atoms with Crippen molar-refractivity contribution in [2.24, 2.45) is 5.10 Å². The van der Waals surface area contributed by atoms with Crippen molar-refractivity contribution in [2.75, 3.05) is 26.2 Å². The molecule has 0 aromatic heterocycles. The Kier molecular flexibility index (Phi) is 3.92. The van der Waals surface area contributed by atoms with E-state index in [0.717, 1.165) is 18.7 Å². The highest BCUT2D eigenvalue weighted by Gasteiger charge is 2.16. The second kappa shape index (κ2) is 5.62. The van der Waals surface area contributed by atoms with E-state index in [2.05, 4.69) is 5.10 Å². The van der Waals surface area contributed by atoms with Gasteiger partial charge in [-0.3, -0.25) is 9.80 Å². The van der Waals surface area contributed by atoms with Gasteiger partial charge in [-0.25, -0.2) is 4.39 Å². The van der Waals surface area contributed by atoms with Crippen molar-refractivity contribution in [3.63, 3.8) is 0 Å². The summed E-state index contributed by atoms with van der Waals surface area (Å²) in [6.45, 7) is 4.46. The Hall–Kier alpha value is -1.91. The first-order chi connectivity index (χ1) is 8.65. The number of amides is 1. The molecular weight excluding hydrogens is 233 g/mol. The molecule has 0 radical (unpaired) electrons. The van der Waals surface area contributed by atoms with Crippen LogP contribution in [0.3, 0.4) is 0 Å². The van der Waals surface area contributed by atoms with Gasteiger partial charge in [0.05, 0.1) is 19.3 Å². The van der Waals surface area contributed by atoms with Gasteiger partial charge in [-0.05, 0) is 17.7 Å². The summed E-state index contributed by atoms with van der Waals surface area (Å²) in [5.41, 5.74) is 0.866. The first-order valence-corrected chi connectivity index (χ1v) is 5.95. The molecule has 0 saturated carbocycles. The number of hydrazone groups is 1. The molecule has 1 saturated heterocycles. The Bertz CT molecular complexity index is 436. The Balaban J connectivity index is 1.87. The number of carbonyl (C=O) groups is 1. The summed E-state index contributed by atoms with van der Waals surface area (Å²) in [6.07, 6.45) is 1.71. The zero-order valence-corrected chi connectivity index (χ0v) is 10.3. The molecule has 1 aromatic rings. The van der Waals surface area contributed by atoms with E-state index in [1.54, 1.807) is 25.3 Å². The molecule has 0 atom stereocenters. The number of hydrogen-bond donors (Lipinski definition) is 0. The highest BCUT2D eigenvalue weighted by molar-refractivity contribution is 5.79. The third-order valence-electron chi connectivity index (χ3n) is 2.94. The van der Waals surface area contributed by atoms with E-state index >= 15 is 0 Å². The van der Waals surface area contributed by atoms with Crippen LogP contribution in [0.25, 0.3) is 0 Å². The average molecular weight is 249 g/mol. The van der Waals surface area contributed by atoms with E-state index in [1.807, 2.05) is 9.91 Å². The minimum Gasteiger partial charge on any atom is -0.339 e. The van der Waals surface area contributed by atoms with E-state index in [9.17, 15) is 9.18 Å². The van der Waals surface area contributed by atoms with Crippen LogP contribution >= 0.6 is 0 Å². The molecule has 18 heavy (non-hydrogen) atoms. The lowest BCUT2D eigenvalue weighted by molar-refractivity contribution is -0.130. The third-order valence-corrected chi connectivity index (χ3v) is 2.94. The normalized spacial score (nSPS) is 16.3. The highest BCUT2D eigenvalue weighted by atomic mass is 19.1. The van der Waals surface area contributed by atoms with Gasteiger partial charge in [-0.2, -0.15) is 5.10 Å². The van der Waals surface area contributed by atoms with E-state index in [4.69, 9.17) is 0 Å². The molecule has 1 aliphatic rings. The summed E-state index contributed by atoms with van der Waals surface area (Å²) in [7, 11) is 0. The Labute approximate surface area is 106 Å². The fourth-order valence-electron chi connectivity index (χ4n) is 1.82. The summed E-state index contributed by atoms with van der Waals surface area (Å²) in [5.74, 6) is -0.139. The molecule has 0 spiro atoms. The second-order valence-corrected chi connectivity index (χ2v) is 4.26. The molecule has 0 unspecified atom stereocenters. The summed E-state index contributed by atoms with van der Waals surface area (Å²) >= 11 is 0. The molecule has 2 rings (SSSR count). The molecule has 4 nitrogen and oxygen atoms in total. The van der Waals surface area contributed by atoms with Crippen LogP contribution in [0.4, 0.5) is 4.39 Å². The number of benzene rings is 1. The Morgan fingerprint density at radius 1 is 1.22 bits per heavy atom. The molecule has 0 aliphatic carbocycles. The van der Waals surface area contributed by atoms with Crippen LogP contribution in [0, 0.1) is 5.82 Å². The van der Waals surface area contributed by atoms with Crippen LogP contribution in [0.5, 0.6) is 0 Å². The van der Waals surface area contributed by atoms with Crippen molar-refractivity contribution in [2.45, 2.75) is 6.92 Å². The van der Waals surface area contributed by atoms with E-state index < -0.39 is 0 Å². The van der Waals surface area contributed by atoms with Gasteiger partial charge in [0.15, 0.2) is 0 Å². The van der Waals surface area contributed by atoms with Gasteiger partial charge in [0.1, 0.15) is 5.82 Å². The van der Waals surface area contributed by atoms with Crippen molar-refractivity contribution in [3.8, 4) is 0 Å². The van der Waals surface area contributed by atoms with Crippen molar-refractivity contribution in [1.82, 2.24) is 9.91 Å². The number of rotatable bonds is 2. The van der Waals surface area contributed by atoms with Gasteiger partial charge in [0.25, 0.3) is 0 Å². The van der Waals surface area contributed by atoms with Crippen LogP contribution in [0.2, 0.25) is 0 Å². The molecule has 1 heterocycles. The maximum atomic E-state index is 12.7. The predicted octanol–water partition coefficient (Wildman–Crippen LogP) is 1.32. The zero-order chi connectivity index (χ0) is 13.0. The summed E-state index contributed by atoms with van der Waals surface area (Å²) in [6, 6.07) is 6.19. The predicted molar refractivity (Wildman–Crippen MR) is 67.8 cm³/mol. The standard InChI is InChI=1S/C13H16FN3O/c1-11(18)16-6-8-17(9-7-16)15-10-12-2-4-13(14)5-3-12/h2-5,10H,6-9H2,1H3. The van der Waals surface area contributed by atoms with Crippen LogP contribution in [-0.4, -0.2) is 48.2 Å². The van der Waals surface area contributed by atoms with Gasteiger partial charge in [-0.1, -0.05) is 12.1 Å². The third kappa shape index (κ3) is 3.29. The Morgan fingerprint density at radius 2 is 1.83 bits per heavy atom. The summed E-state index contributed by atoms with van der Waals surface area (Å²) in [5, 5.41) is 6.24. The number of halogens is 1. The quantitative estimate of drug-likeness (QED) is 0.741. The molecule has 1 amide bonds. The number of nitrogens with zero attached hydrogens (tertiary/aromatic N) is 3. The first kappa shape index (κ1) is 12.5. The molecule has 1 aromatic carbocycles. The van der Waals surface area contributed by atoms with Crippen molar-refractivity contribution < 1.29 is 9.18 Å². The lowest BCUT2D eigenvalue weighted by Gasteiger charge is -2.32. The van der Waals surface area contributed by atoms with Gasteiger partial charge in [0, 0.05) is 20.0 Å². The minimum absolute atomic E-state index is 0.108. The first-order valence-electron chi connectivity index (χ1n) is 5.95. The van der Waals surface area contributed by atoms with E-state index in [1.165, 1.54) is 12.1 Å². The molecule has 96 valence electrons. The largest absolute Gasteiger partial charge is 0.339 e. The van der Waals surface area contributed by atoms with E-state index in [0.29, 0.717) is 13.1 Å². The van der Waals surface area contributed by atoms with Gasteiger partial charge >= 0.3 is 0 Å². The molecule has 0 bridgehead atoms. The fourth-order valence-corrected chi connectivity index (χ4v) is 1.82. The van der Waals surface area contributed by atoms with Crippen molar-refractivity contribution in [1.29, 1.82) is 0 Å². The highest BCUT2D eigenvalue weighted by Crippen LogP contribution is 2.04. The molecule has 5 heteroatoms.